The van der Waals surface area contributed by atoms with Gasteiger partial charge in [-0.25, -0.2) is 0 Å². The second-order valence-corrected chi connectivity index (χ2v) is 18.5. The molecule has 0 atom stereocenters. The van der Waals surface area contributed by atoms with Crippen LogP contribution in [-0.2, 0) is 21.7 Å². The van der Waals surface area contributed by atoms with Crippen LogP contribution in [0.15, 0.2) is 24.3 Å². The Balaban J connectivity index is 2.70. The van der Waals surface area contributed by atoms with Gasteiger partial charge in [-0.1, -0.05) is 164 Å². The molecule has 230 valence electrons. The molecule has 41 heavy (non-hydrogen) atoms. The molecule has 0 spiro atoms. The Morgan fingerprint density at radius 3 is 1.07 bits per heavy atom. The minimum atomic E-state index is -2.18. The van der Waals surface area contributed by atoms with Gasteiger partial charge in [0.2, 0.25) is 0 Å². The molecule has 0 fully saturated rings. The van der Waals surface area contributed by atoms with Crippen molar-refractivity contribution in [3.63, 3.8) is 0 Å². The number of benzene rings is 2. The Bertz CT molecular complexity index is 979. The van der Waals surface area contributed by atoms with Gasteiger partial charge < -0.3 is 7.58 Å². The van der Waals surface area contributed by atoms with Gasteiger partial charge in [0.25, 0.3) is 0 Å². The first-order chi connectivity index (χ1) is 18.7. The zero-order valence-corrected chi connectivity index (χ0v) is 30.8. The molecule has 0 saturated heterocycles. The largest absolute Gasteiger partial charge is 0.856 e. The molecule has 0 heterocycles. The third kappa shape index (κ3) is 10.4. The van der Waals surface area contributed by atoms with Crippen molar-refractivity contribution in [2.75, 3.05) is 0 Å². The Morgan fingerprint density at radius 1 is 0.488 bits per heavy atom. The van der Waals surface area contributed by atoms with Gasteiger partial charge in [0.1, 0.15) is 0 Å². The van der Waals surface area contributed by atoms with Crippen molar-refractivity contribution in [2.45, 2.75) is 169 Å². The summed E-state index contributed by atoms with van der Waals surface area (Å²) in [5, 5.41) is 1.01. The highest BCUT2D eigenvalue weighted by atomic mass is 27.2. The first-order valence-electron chi connectivity index (χ1n) is 16.3. The van der Waals surface area contributed by atoms with Crippen LogP contribution in [0.25, 0.3) is 0 Å². The summed E-state index contributed by atoms with van der Waals surface area (Å²) in [5.74, 6) is 2.14. The highest BCUT2D eigenvalue weighted by Gasteiger charge is 2.39. The molecule has 3 heteroatoms. The van der Waals surface area contributed by atoms with Crippen LogP contribution >= 0.6 is 0 Å². The van der Waals surface area contributed by atoms with Crippen LogP contribution in [0.3, 0.4) is 0 Å². The average molecular weight is 579 g/mol. The second kappa shape index (κ2) is 13.9. The molecule has 0 aliphatic rings. The quantitative estimate of drug-likeness (QED) is 0.195. The van der Waals surface area contributed by atoms with E-state index in [1.165, 1.54) is 65.5 Å². The monoisotopic (exact) mass is 578 g/mol. The lowest BCUT2D eigenvalue weighted by atomic mass is 9.78. The number of aryl methyl sites for hydroxylation is 2. The molecule has 0 amide bonds. The lowest BCUT2D eigenvalue weighted by molar-refractivity contribution is 0.382. The van der Waals surface area contributed by atoms with Gasteiger partial charge in [0, 0.05) is 0 Å². The SMILES string of the molecule is CCCCCCC[CH2][Al]([O]c1c(C(C)(C)C)cc(C)cc1C(C)(C)C)[O]c1c(C(C)(C)C)cc(C)cc1C(C)(C)C. The van der Waals surface area contributed by atoms with E-state index in [2.05, 4.69) is 128 Å². The van der Waals surface area contributed by atoms with Crippen molar-refractivity contribution in [1.82, 2.24) is 0 Å². The fourth-order valence-corrected chi connectivity index (χ4v) is 7.46. The summed E-state index contributed by atoms with van der Waals surface area (Å²) in [6.07, 6.45) is 7.63. The number of hydrogen-bond acceptors (Lipinski definition) is 2. The minimum Gasteiger partial charge on any atom is -0.611 e. The standard InChI is InChI=1S/2C15H24O.C8H17.Al/c2*1-10-8-11(14(2,3)4)13(16)12(9-10)15(5,6)7;1-3-5-7-8-6-4-2;/h2*8-9,16H,1-7H3;1,3-8H2,2H3;/q;;;+2/p-2. The van der Waals surface area contributed by atoms with Crippen LogP contribution in [-0.4, -0.2) is 14.8 Å². The summed E-state index contributed by atoms with van der Waals surface area (Å²) in [6, 6.07) is 9.36. The van der Waals surface area contributed by atoms with Gasteiger partial charge in [-0.05, 0) is 63.0 Å². The van der Waals surface area contributed by atoms with E-state index in [1.807, 2.05) is 0 Å². The van der Waals surface area contributed by atoms with Crippen LogP contribution in [0, 0.1) is 13.8 Å². The fourth-order valence-electron chi connectivity index (χ4n) is 5.52. The molecular weight excluding hydrogens is 515 g/mol. The van der Waals surface area contributed by atoms with Crippen molar-refractivity contribution in [2.24, 2.45) is 0 Å². The molecule has 0 unspecified atom stereocenters. The van der Waals surface area contributed by atoms with E-state index in [9.17, 15) is 0 Å². The number of unbranched alkanes of at least 4 members (excludes halogenated alkanes) is 5. The van der Waals surface area contributed by atoms with E-state index in [4.69, 9.17) is 7.58 Å². The molecule has 2 aromatic rings. The fraction of sp³-hybridized carbons (Fsp3) is 0.684. The molecule has 0 bridgehead atoms. The van der Waals surface area contributed by atoms with Gasteiger partial charge >= 0.3 is 14.8 Å². The predicted molar refractivity (Wildman–Crippen MR) is 182 cm³/mol. The molecule has 2 nitrogen and oxygen atoms in total. The van der Waals surface area contributed by atoms with Crippen LogP contribution in [0.4, 0.5) is 0 Å². The topological polar surface area (TPSA) is 18.5 Å². The Morgan fingerprint density at radius 2 is 0.780 bits per heavy atom. The highest BCUT2D eigenvalue weighted by Crippen LogP contribution is 2.44. The maximum atomic E-state index is 7.30. The van der Waals surface area contributed by atoms with Crippen molar-refractivity contribution in [3.05, 3.63) is 57.6 Å². The Labute approximate surface area is 260 Å². The number of rotatable bonds is 11. The zero-order chi connectivity index (χ0) is 31.4. The van der Waals surface area contributed by atoms with E-state index in [-0.39, 0.29) is 21.7 Å². The van der Waals surface area contributed by atoms with Crippen molar-refractivity contribution < 1.29 is 7.58 Å². The summed E-state index contributed by atoms with van der Waals surface area (Å²) in [7, 11) is 0. The van der Waals surface area contributed by atoms with E-state index in [0.29, 0.717) is 0 Å². The van der Waals surface area contributed by atoms with E-state index >= 15 is 0 Å². The first kappa shape index (κ1) is 35.8. The van der Waals surface area contributed by atoms with Crippen molar-refractivity contribution in [1.29, 1.82) is 0 Å². The molecule has 0 saturated carbocycles. The summed E-state index contributed by atoms with van der Waals surface area (Å²) in [6.45, 7) is 34.4. The van der Waals surface area contributed by atoms with Crippen LogP contribution in [0.2, 0.25) is 5.28 Å². The smallest absolute Gasteiger partial charge is 0.611 e. The Kier molecular flexibility index (Phi) is 12.1. The van der Waals surface area contributed by atoms with E-state index in [1.54, 1.807) is 0 Å². The van der Waals surface area contributed by atoms with Gasteiger partial charge in [0.05, 0.1) is 11.5 Å². The molecule has 0 radical (unpaired) electrons. The van der Waals surface area contributed by atoms with Crippen LogP contribution in [0.1, 0.15) is 162 Å². The lowest BCUT2D eigenvalue weighted by Crippen LogP contribution is -2.34. The predicted octanol–water partition coefficient (Wildman–Crippen LogP) is 11.8. The number of hydrogen-bond donors (Lipinski definition) is 0. The Hall–Kier alpha value is -1.43. The maximum Gasteiger partial charge on any atom is 0.856 e. The van der Waals surface area contributed by atoms with E-state index in [0.717, 1.165) is 23.2 Å². The average Bonchev–Trinajstić information content (AvgIpc) is 2.80. The third-order valence-electron chi connectivity index (χ3n) is 7.99. The third-order valence-corrected chi connectivity index (χ3v) is 9.87. The molecule has 2 rings (SSSR count). The zero-order valence-electron chi connectivity index (χ0n) is 29.7. The first-order valence-corrected chi connectivity index (χ1v) is 18.1. The summed E-state index contributed by atoms with van der Waals surface area (Å²) in [5.41, 5.74) is 7.65. The van der Waals surface area contributed by atoms with Gasteiger partial charge in [-0.15, -0.1) is 0 Å². The molecule has 0 aromatic heterocycles. The van der Waals surface area contributed by atoms with Crippen molar-refractivity contribution >= 4 is 14.8 Å². The summed E-state index contributed by atoms with van der Waals surface area (Å²) >= 11 is -2.18. The molecular formula is C38H63AlO2. The molecule has 0 N–H and O–H groups in total. The van der Waals surface area contributed by atoms with Gasteiger partial charge in [0.15, 0.2) is 0 Å². The molecule has 0 aliphatic carbocycles. The molecule has 0 aliphatic heterocycles. The summed E-state index contributed by atoms with van der Waals surface area (Å²) < 4.78 is 14.6. The molecule has 2 aromatic carbocycles. The maximum absolute atomic E-state index is 7.30. The summed E-state index contributed by atoms with van der Waals surface area (Å²) in [4.78, 5) is 0. The second-order valence-electron chi connectivity index (χ2n) is 16.6. The van der Waals surface area contributed by atoms with Crippen LogP contribution in [0.5, 0.6) is 11.5 Å². The van der Waals surface area contributed by atoms with Gasteiger partial charge in [-0.2, -0.15) is 0 Å². The van der Waals surface area contributed by atoms with E-state index < -0.39 is 14.8 Å². The highest BCUT2D eigenvalue weighted by molar-refractivity contribution is 6.46. The lowest BCUT2D eigenvalue weighted by Gasteiger charge is -2.34. The minimum absolute atomic E-state index is 0.0303. The normalized spacial score (nSPS) is 13.0. The van der Waals surface area contributed by atoms with Gasteiger partial charge in [-0.3, -0.25) is 0 Å². The van der Waals surface area contributed by atoms with Crippen molar-refractivity contribution in [3.8, 4) is 11.5 Å². The van der Waals surface area contributed by atoms with Crippen LogP contribution < -0.4 is 7.58 Å².